The van der Waals surface area contributed by atoms with E-state index in [0.29, 0.717) is 6.42 Å². The van der Waals surface area contributed by atoms with Crippen LogP contribution in [0.2, 0.25) is 5.02 Å². The SMILES string of the molecule is Clc1ccc(C2=Nc3ccccc3N=C(c3ccccc3)C2)cc1. The lowest BCUT2D eigenvalue weighted by atomic mass is 10.00. The first kappa shape index (κ1) is 14.9. The Labute approximate surface area is 146 Å². The molecular weight excluding hydrogens is 316 g/mol. The van der Waals surface area contributed by atoms with Crippen molar-refractivity contribution in [2.24, 2.45) is 9.98 Å². The zero-order chi connectivity index (χ0) is 16.4. The molecule has 0 radical (unpaired) electrons. The molecule has 0 unspecified atom stereocenters. The topological polar surface area (TPSA) is 24.7 Å². The number of aliphatic imine (C=N–C) groups is 2. The molecule has 0 saturated carbocycles. The molecule has 0 saturated heterocycles. The van der Waals surface area contributed by atoms with Gasteiger partial charge in [0.25, 0.3) is 0 Å². The molecule has 1 aliphatic rings. The zero-order valence-corrected chi connectivity index (χ0v) is 13.7. The highest BCUT2D eigenvalue weighted by atomic mass is 35.5. The zero-order valence-electron chi connectivity index (χ0n) is 13.0. The number of nitrogens with zero attached hydrogens (tertiary/aromatic N) is 2. The van der Waals surface area contributed by atoms with Gasteiger partial charge in [0.05, 0.1) is 22.8 Å². The second-order valence-corrected chi connectivity index (χ2v) is 6.09. The highest BCUT2D eigenvalue weighted by Gasteiger charge is 2.16. The fraction of sp³-hybridized carbons (Fsp3) is 0.0476. The van der Waals surface area contributed by atoms with Crippen molar-refractivity contribution in [3.8, 4) is 0 Å². The van der Waals surface area contributed by atoms with Crippen molar-refractivity contribution in [1.82, 2.24) is 0 Å². The van der Waals surface area contributed by atoms with Gasteiger partial charge in [-0.05, 0) is 35.4 Å². The van der Waals surface area contributed by atoms with Gasteiger partial charge < -0.3 is 0 Å². The maximum absolute atomic E-state index is 6.02. The minimum Gasteiger partial charge on any atom is -0.250 e. The molecular formula is C21H15ClN2. The number of halogens is 1. The first-order valence-corrected chi connectivity index (χ1v) is 8.23. The lowest BCUT2D eigenvalue weighted by Crippen LogP contribution is -2.09. The van der Waals surface area contributed by atoms with Crippen molar-refractivity contribution < 1.29 is 0 Å². The highest BCUT2D eigenvalue weighted by molar-refractivity contribution is 6.30. The summed E-state index contributed by atoms with van der Waals surface area (Å²) in [6.07, 6.45) is 0.681. The smallest absolute Gasteiger partial charge is 0.0889 e. The predicted octanol–water partition coefficient (Wildman–Crippen LogP) is 5.99. The van der Waals surface area contributed by atoms with Crippen molar-refractivity contribution in [2.75, 3.05) is 0 Å². The summed E-state index contributed by atoms with van der Waals surface area (Å²) in [6.45, 7) is 0. The molecule has 0 N–H and O–H groups in total. The monoisotopic (exact) mass is 330 g/mol. The molecule has 0 aromatic heterocycles. The Morgan fingerprint density at radius 3 is 1.67 bits per heavy atom. The maximum atomic E-state index is 6.02. The Morgan fingerprint density at radius 1 is 0.583 bits per heavy atom. The number of para-hydroxylation sites is 2. The molecule has 0 spiro atoms. The van der Waals surface area contributed by atoms with E-state index in [1.807, 2.05) is 66.7 Å². The third-order valence-corrected chi connectivity index (χ3v) is 4.26. The Hall–Kier alpha value is -2.71. The minimum absolute atomic E-state index is 0.681. The van der Waals surface area contributed by atoms with Crippen LogP contribution in [0.25, 0.3) is 0 Å². The van der Waals surface area contributed by atoms with Crippen LogP contribution in [0.4, 0.5) is 11.4 Å². The Bertz CT molecular complexity index is 926. The van der Waals surface area contributed by atoms with Gasteiger partial charge in [0.1, 0.15) is 0 Å². The van der Waals surface area contributed by atoms with Crippen LogP contribution in [0, 0.1) is 0 Å². The molecule has 4 rings (SSSR count). The summed E-state index contributed by atoms with van der Waals surface area (Å²) in [5.74, 6) is 0. The van der Waals surface area contributed by atoms with Crippen LogP contribution in [0.1, 0.15) is 17.5 Å². The van der Waals surface area contributed by atoms with Crippen LogP contribution in [0.3, 0.4) is 0 Å². The minimum atomic E-state index is 0.681. The number of benzene rings is 3. The number of hydrogen-bond donors (Lipinski definition) is 0. The number of fused-ring (bicyclic) bond motifs is 1. The fourth-order valence-electron chi connectivity index (χ4n) is 2.79. The summed E-state index contributed by atoms with van der Waals surface area (Å²) in [4.78, 5) is 9.75. The third-order valence-electron chi connectivity index (χ3n) is 4.01. The molecule has 116 valence electrons. The molecule has 1 heterocycles. The quantitative estimate of drug-likeness (QED) is 0.551. The van der Waals surface area contributed by atoms with Gasteiger partial charge in [-0.3, -0.25) is 9.98 Å². The largest absolute Gasteiger partial charge is 0.250 e. The molecule has 0 atom stereocenters. The van der Waals surface area contributed by atoms with Gasteiger partial charge in [0.15, 0.2) is 0 Å². The predicted molar refractivity (Wildman–Crippen MR) is 101 cm³/mol. The molecule has 0 aliphatic carbocycles. The van der Waals surface area contributed by atoms with Crippen LogP contribution in [0.5, 0.6) is 0 Å². The lowest BCUT2D eigenvalue weighted by molar-refractivity contribution is 1.44. The van der Waals surface area contributed by atoms with E-state index in [1.54, 1.807) is 0 Å². The van der Waals surface area contributed by atoms with Crippen LogP contribution < -0.4 is 0 Å². The van der Waals surface area contributed by atoms with E-state index in [9.17, 15) is 0 Å². The second-order valence-electron chi connectivity index (χ2n) is 5.66. The number of rotatable bonds is 2. The van der Waals surface area contributed by atoms with Crippen molar-refractivity contribution in [3.63, 3.8) is 0 Å². The van der Waals surface area contributed by atoms with Gasteiger partial charge in [-0.15, -0.1) is 0 Å². The summed E-state index contributed by atoms with van der Waals surface area (Å²) in [5.41, 5.74) is 6.01. The fourth-order valence-corrected chi connectivity index (χ4v) is 2.91. The van der Waals surface area contributed by atoms with E-state index < -0.39 is 0 Å². The van der Waals surface area contributed by atoms with E-state index in [4.69, 9.17) is 21.6 Å². The maximum Gasteiger partial charge on any atom is 0.0889 e. The molecule has 24 heavy (non-hydrogen) atoms. The molecule has 0 amide bonds. The average Bonchev–Trinajstić information content (AvgIpc) is 2.83. The van der Waals surface area contributed by atoms with Crippen molar-refractivity contribution in [3.05, 3.63) is 95.0 Å². The van der Waals surface area contributed by atoms with Crippen molar-refractivity contribution >= 4 is 34.4 Å². The Morgan fingerprint density at radius 2 is 1.08 bits per heavy atom. The van der Waals surface area contributed by atoms with Crippen LogP contribution in [-0.2, 0) is 0 Å². The van der Waals surface area contributed by atoms with Gasteiger partial charge in [-0.1, -0.05) is 66.2 Å². The summed E-state index contributed by atoms with van der Waals surface area (Å²) in [6, 6.07) is 26.1. The van der Waals surface area contributed by atoms with Gasteiger partial charge in [0, 0.05) is 11.4 Å². The van der Waals surface area contributed by atoms with Gasteiger partial charge in [-0.25, -0.2) is 0 Å². The van der Waals surface area contributed by atoms with E-state index in [2.05, 4.69) is 12.1 Å². The first-order chi connectivity index (χ1) is 11.8. The third kappa shape index (κ3) is 3.01. The molecule has 0 fully saturated rings. The van der Waals surface area contributed by atoms with E-state index >= 15 is 0 Å². The van der Waals surface area contributed by atoms with Crippen LogP contribution >= 0.6 is 11.6 Å². The van der Waals surface area contributed by atoms with Gasteiger partial charge in [0.2, 0.25) is 0 Å². The van der Waals surface area contributed by atoms with Gasteiger partial charge in [-0.2, -0.15) is 0 Å². The Balaban J connectivity index is 1.86. The van der Waals surface area contributed by atoms with Crippen LogP contribution in [0.15, 0.2) is 88.8 Å². The van der Waals surface area contributed by atoms with Crippen molar-refractivity contribution in [1.29, 1.82) is 0 Å². The van der Waals surface area contributed by atoms with Crippen molar-refractivity contribution in [2.45, 2.75) is 6.42 Å². The van der Waals surface area contributed by atoms with Crippen LogP contribution in [-0.4, -0.2) is 11.4 Å². The first-order valence-electron chi connectivity index (χ1n) is 7.85. The molecule has 2 nitrogen and oxygen atoms in total. The summed E-state index contributed by atoms with van der Waals surface area (Å²) in [5, 5.41) is 0.727. The second kappa shape index (κ2) is 6.42. The summed E-state index contributed by atoms with van der Waals surface area (Å²) < 4.78 is 0. The normalized spacial score (nSPS) is 13.5. The molecule has 0 bridgehead atoms. The Kier molecular flexibility index (Phi) is 3.97. The van der Waals surface area contributed by atoms with E-state index in [-0.39, 0.29) is 0 Å². The lowest BCUT2D eigenvalue weighted by Gasteiger charge is -2.08. The standard InChI is InChI=1S/C21H15ClN2/c22-17-12-10-16(11-13-17)21-14-20(15-6-2-1-3-7-15)23-18-8-4-5-9-19(18)24-21/h1-13H,14H2. The highest BCUT2D eigenvalue weighted by Crippen LogP contribution is 2.32. The molecule has 3 aromatic carbocycles. The van der Waals surface area contributed by atoms with Gasteiger partial charge >= 0.3 is 0 Å². The molecule has 3 heteroatoms. The average molecular weight is 331 g/mol. The summed E-state index contributed by atoms with van der Waals surface area (Å²) in [7, 11) is 0. The molecule has 3 aromatic rings. The van der Waals surface area contributed by atoms with E-state index in [0.717, 1.165) is 38.9 Å². The van der Waals surface area contributed by atoms with E-state index in [1.165, 1.54) is 0 Å². The summed E-state index contributed by atoms with van der Waals surface area (Å²) >= 11 is 6.02. The molecule has 1 aliphatic heterocycles. The number of hydrogen-bond acceptors (Lipinski definition) is 2.